The van der Waals surface area contributed by atoms with Gasteiger partial charge >= 0.3 is 0 Å². The number of para-hydroxylation sites is 3. The molecule has 2 N–H and O–H groups in total. The van der Waals surface area contributed by atoms with Crippen LogP contribution in [-0.2, 0) is 23.3 Å². The summed E-state index contributed by atoms with van der Waals surface area (Å²) in [5.74, 6) is 2.71. The van der Waals surface area contributed by atoms with Gasteiger partial charge in [-0.2, -0.15) is 0 Å². The lowest BCUT2D eigenvalue weighted by atomic mass is 9.81. The van der Waals surface area contributed by atoms with Crippen LogP contribution in [0.5, 0.6) is 0 Å². The van der Waals surface area contributed by atoms with E-state index in [0.717, 1.165) is 56.6 Å². The van der Waals surface area contributed by atoms with E-state index in [1.54, 1.807) is 0 Å². The molecule has 2 aromatic carbocycles. The van der Waals surface area contributed by atoms with E-state index < -0.39 is 0 Å². The molecular weight excluding hydrogens is 554 g/mol. The second-order valence-electron chi connectivity index (χ2n) is 12.5. The standard InChI is InChI=1S/C36H44N3O3S/c1-4-37-30-16-10-11-17-31(30)39(19-21-41)33(37)23-27-34(42)26(35(27)43-24-25-12-6-5-7-13-25)22-32-36(2,3)28-14-8-9-15-29(28)38(32)18-20-40/h8-11,14-17,22-23,25,40-41H,4-7,12-13,18-21,24H2,1-3H3/q+1. The molecule has 43 heavy (non-hydrogen) atoms. The third-order valence-electron chi connectivity index (χ3n) is 9.50. The third-order valence-corrected chi connectivity index (χ3v) is 10.9. The number of hydrogen-bond donors (Lipinski definition) is 2. The molecule has 0 spiro atoms. The number of β-amino-alcohol motifs (C(OH)–C–C–N with tert-alkyl or cyclic N) is 1. The van der Waals surface area contributed by atoms with Gasteiger partial charge in [-0.25, -0.2) is 9.13 Å². The summed E-state index contributed by atoms with van der Waals surface area (Å²) in [6.07, 6.45) is 10.6. The number of allylic oxidation sites excluding steroid dienone is 4. The number of imidazole rings is 1. The second-order valence-corrected chi connectivity index (χ2v) is 13.5. The van der Waals surface area contributed by atoms with E-state index in [-0.39, 0.29) is 24.4 Å². The van der Waals surface area contributed by atoms with Crippen LogP contribution in [-0.4, -0.2) is 46.1 Å². The van der Waals surface area contributed by atoms with E-state index in [2.05, 4.69) is 77.3 Å². The van der Waals surface area contributed by atoms with Crippen LogP contribution < -0.4 is 9.47 Å². The Morgan fingerprint density at radius 2 is 1.74 bits per heavy atom. The van der Waals surface area contributed by atoms with Gasteiger partial charge in [0.2, 0.25) is 0 Å². The minimum Gasteiger partial charge on any atom is -0.395 e. The minimum atomic E-state index is -0.295. The van der Waals surface area contributed by atoms with Crippen molar-refractivity contribution in [2.45, 2.75) is 71.4 Å². The Labute approximate surface area is 259 Å². The third kappa shape index (κ3) is 5.30. The van der Waals surface area contributed by atoms with Gasteiger partial charge in [-0.15, -0.1) is 11.8 Å². The normalized spacial score (nSPS) is 20.5. The summed E-state index contributed by atoms with van der Waals surface area (Å²) in [7, 11) is 0. The molecule has 226 valence electrons. The van der Waals surface area contributed by atoms with Crippen molar-refractivity contribution in [3.05, 3.63) is 87.7 Å². The minimum absolute atomic E-state index is 0.0271. The predicted molar refractivity (Wildman–Crippen MR) is 176 cm³/mol. The molecule has 0 atom stereocenters. The van der Waals surface area contributed by atoms with Crippen LogP contribution in [0.1, 0.15) is 64.3 Å². The molecule has 2 heterocycles. The molecule has 0 amide bonds. The van der Waals surface area contributed by atoms with E-state index in [0.29, 0.717) is 19.0 Å². The summed E-state index contributed by atoms with van der Waals surface area (Å²) in [6.45, 7) is 8.33. The van der Waals surface area contributed by atoms with Gasteiger partial charge in [0.05, 0.1) is 19.8 Å². The fraction of sp³-hybridized carbons (Fsp3) is 0.444. The maximum absolute atomic E-state index is 14.1. The Balaban J connectivity index is 1.47. The topological polar surface area (TPSA) is 69.6 Å². The average Bonchev–Trinajstić information content (AvgIpc) is 3.44. The van der Waals surface area contributed by atoms with Crippen molar-refractivity contribution in [2.75, 3.05) is 30.4 Å². The van der Waals surface area contributed by atoms with E-state index in [9.17, 15) is 15.0 Å². The predicted octanol–water partition coefficient (Wildman–Crippen LogP) is 6.15. The van der Waals surface area contributed by atoms with Crippen LogP contribution in [0, 0.1) is 5.92 Å². The van der Waals surface area contributed by atoms with Crippen LogP contribution >= 0.6 is 11.8 Å². The quantitative estimate of drug-likeness (QED) is 0.217. The zero-order chi connectivity index (χ0) is 30.1. The average molecular weight is 599 g/mol. The molecule has 3 aromatic rings. The first kappa shape index (κ1) is 29.9. The zero-order valence-electron chi connectivity index (χ0n) is 25.7. The number of benzene rings is 2. The number of thioether (sulfide) groups is 1. The van der Waals surface area contributed by atoms with Crippen molar-refractivity contribution in [1.82, 2.24) is 4.57 Å². The highest BCUT2D eigenvalue weighted by atomic mass is 32.2. The van der Waals surface area contributed by atoms with Crippen LogP contribution in [0.25, 0.3) is 17.1 Å². The van der Waals surface area contributed by atoms with Crippen molar-refractivity contribution in [1.29, 1.82) is 0 Å². The number of aliphatic hydroxyl groups excluding tert-OH is 2. The van der Waals surface area contributed by atoms with Crippen LogP contribution in [0.3, 0.4) is 0 Å². The number of nitrogens with zero attached hydrogens (tertiary/aromatic N) is 3. The van der Waals surface area contributed by atoms with E-state index >= 15 is 0 Å². The smallest absolute Gasteiger partial charge is 0.283 e. The summed E-state index contributed by atoms with van der Waals surface area (Å²) >= 11 is 1.84. The van der Waals surface area contributed by atoms with Gasteiger partial charge in [0, 0.05) is 51.2 Å². The van der Waals surface area contributed by atoms with Gasteiger partial charge < -0.3 is 15.1 Å². The molecular formula is C36H44N3O3S+. The SMILES string of the molecule is CCn1c(/C=C2\C(=O)C(/C=C3/N(CCO)c4ccccc4C3(C)C)=C2SCC2CCCCC2)[n+](CCO)c2ccccc21. The van der Waals surface area contributed by atoms with Crippen LogP contribution in [0.4, 0.5) is 5.69 Å². The Hall–Kier alpha value is -3.13. The highest BCUT2D eigenvalue weighted by Gasteiger charge is 2.42. The summed E-state index contributed by atoms with van der Waals surface area (Å²) < 4.78 is 4.38. The number of aliphatic hydroxyl groups is 2. The number of Topliss-reactive ketones (excluding diaryl/α,β-unsaturated/α-hetero) is 1. The molecule has 7 heteroatoms. The lowest BCUT2D eigenvalue weighted by Gasteiger charge is -2.30. The number of aromatic nitrogens is 2. The number of carbonyl (C=O) groups excluding carboxylic acids is 1. The molecule has 1 fully saturated rings. The van der Waals surface area contributed by atoms with Gasteiger partial charge in [0.25, 0.3) is 5.82 Å². The maximum atomic E-state index is 14.1. The number of fused-ring (bicyclic) bond motifs is 2. The van der Waals surface area contributed by atoms with Crippen molar-refractivity contribution in [3.8, 4) is 0 Å². The summed E-state index contributed by atoms with van der Waals surface area (Å²) in [5, 5.41) is 19.9. The maximum Gasteiger partial charge on any atom is 0.283 e. The van der Waals surface area contributed by atoms with Gasteiger partial charge in [0.1, 0.15) is 6.54 Å². The van der Waals surface area contributed by atoms with Gasteiger partial charge in [-0.3, -0.25) is 4.79 Å². The van der Waals surface area contributed by atoms with Crippen LogP contribution in [0.15, 0.2) is 76.4 Å². The Bertz CT molecular complexity index is 1620. The molecule has 0 saturated heterocycles. The molecule has 1 aliphatic heterocycles. The largest absolute Gasteiger partial charge is 0.395 e. The number of aryl methyl sites for hydroxylation is 1. The molecule has 0 unspecified atom stereocenters. The first-order valence-corrected chi connectivity index (χ1v) is 16.8. The number of rotatable bonds is 10. The number of anilines is 1. The summed E-state index contributed by atoms with van der Waals surface area (Å²) in [5.41, 5.74) is 6.78. The molecule has 2 aliphatic carbocycles. The van der Waals surface area contributed by atoms with Crippen molar-refractivity contribution >= 4 is 40.3 Å². The molecule has 6 rings (SSSR count). The molecule has 0 bridgehead atoms. The van der Waals surface area contributed by atoms with Gasteiger partial charge in [-0.1, -0.05) is 63.4 Å². The Morgan fingerprint density at radius 3 is 2.49 bits per heavy atom. The fourth-order valence-electron chi connectivity index (χ4n) is 7.25. The Kier molecular flexibility index (Phi) is 8.67. The van der Waals surface area contributed by atoms with Gasteiger partial charge in [0.15, 0.2) is 16.8 Å². The van der Waals surface area contributed by atoms with Crippen molar-refractivity contribution in [3.63, 3.8) is 0 Å². The molecule has 0 radical (unpaired) electrons. The fourth-order valence-corrected chi connectivity index (χ4v) is 8.60. The number of carbonyl (C=O) groups is 1. The zero-order valence-corrected chi connectivity index (χ0v) is 26.5. The van der Waals surface area contributed by atoms with E-state index in [1.165, 1.54) is 37.7 Å². The van der Waals surface area contributed by atoms with Crippen LogP contribution in [0.2, 0.25) is 0 Å². The molecule has 1 saturated carbocycles. The van der Waals surface area contributed by atoms with Crippen molar-refractivity contribution < 1.29 is 19.6 Å². The first-order valence-electron chi connectivity index (χ1n) is 15.9. The summed E-state index contributed by atoms with van der Waals surface area (Å²) in [4.78, 5) is 17.4. The lowest BCUT2D eigenvalue weighted by Crippen LogP contribution is -2.38. The highest BCUT2D eigenvalue weighted by Crippen LogP contribution is 2.50. The van der Waals surface area contributed by atoms with E-state index in [4.69, 9.17) is 0 Å². The van der Waals surface area contributed by atoms with Crippen molar-refractivity contribution in [2.24, 2.45) is 5.92 Å². The Morgan fingerprint density at radius 1 is 1.00 bits per heavy atom. The second kappa shape index (κ2) is 12.5. The lowest BCUT2D eigenvalue weighted by molar-refractivity contribution is -0.675. The molecule has 1 aromatic heterocycles. The number of ketones is 1. The highest BCUT2D eigenvalue weighted by molar-refractivity contribution is 8.03. The van der Waals surface area contributed by atoms with E-state index in [1.807, 2.05) is 30.0 Å². The van der Waals surface area contributed by atoms with Gasteiger partial charge in [-0.05, 0) is 55.5 Å². The molecule has 6 nitrogen and oxygen atoms in total. The summed E-state index contributed by atoms with van der Waals surface area (Å²) in [6, 6.07) is 16.6. The monoisotopic (exact) mass is 598 g/mol. The first-order chi connectivity index (χ1) is 20.9. The number of hydrogen-bond acceptors (Lipinski definition) is 5. The molecule has 3 aliphatic rings.